The van der Waals surface area contributed by atoms with E-state index in [0.717, 1.165) is 0 Å². The van der Waals surface area contributed by atoms with E-state index in [9.17, 15) is 4.79 Å². The Balaban J connectivity index is 2.63. The minimum absolute atomic E-state index is 0.0243. The highest BCUT2D eigenvalue weighted by Gasteiger charge is 2.17. The molecule has 0 bridgehead atoms. The third-order valence-electron chi connectivity index (χ3n) is 1.46. The first-order valence-electron chi connectivity index (χ1n) is 3.83. The number of carbonyl (C=O) groups is 1. The van der Waals surface area contributed by atoms with Gasteiger partial charge in [0.25, 0.3) is 0 Å². The molecular formula is C9H13NO2. The first kappa shape index (κ1) is 9.00. The second-order valence-corrected chi connectivity index (χ2v) is 3.60. The Morgan fingerprint density at radius 2 is 2.33 bits per heavy atom. The van der Waals surface area contributed by atoms with Crippen molar-refractivity contribution in [1.29, 1.82) is 0 Å². The van der Waals surface area contributed by atoms with Crippen molar-refractivity contribution in [2.45, 2.75) is 25.8 Å². The molecule has 0 aliphatic heterocycles. The van der Waals surface area contributed by atoms with Crippen molar-refractivity contribution in [2.75, 3.05) is 0 Å². The summed E-state index contributed by atoms with van der Waals surface area (Å²) in [6.07, 6.45) is 3.26. The molecule has 0 aromatic carbocycles. The third kappa shape index (κ3) is 2.51. The van der Waals surface area contributed by atoms with Crippen molar-refractivity contribution >= 4 is 5.78 Å². The summed E-state index contributed by atoms with van der Waals surface area (Å²) in [4.78, 5) is 11.4. The summed E-state index contributed by atoms with van der Waals surface area (Å²) in [7, 11) is 0. The number of ketones is 1. The first-order chi connectivity index (χ1) is 5.49. The smallest absolute Gasteiger partial charge is 0.167 e. The fourth-order valence-electron chi connectivity index (χ4n) is 0.939. The Bertz CT molecular complexity index is 257. The molecule has 1 aromatic heterocycles. The summed E-state index contributed by atoms with van der Waals surface area (Å²) in [5.74, 6) is 0.0243. The lowest BCUT2D eigenvalue weighted by molar-refractivity contribution is 0.0959. The number of rotatable bonds is 3. The van der Waals surface area contributed by atoms with Gasteiger partial charge in [-0.3, -0.25) is 4.79 Å². The molecule has 0 amide bonds. The Kier molecular flexibility index (Phi) is 2.33. The number of hydrogen-bond donors (Lipinski definition) is 1. The van der Waals surface area contributed by atoms with Crippen LogP contribution >= 0.6 is 0 Å². The molecule has 0 aliphatic rings. The molecule has 0 unspecified atom stereocenters. The van der Waals surface area contributed by atoms with E-state index in [2.05, 4.69) is 0 Å². The molecule has 0 radical (unpaired) electrons. The van der Waals surface area contributed by atoms with Gasteiger partial charge in [-0.2, -0.15) is 0 Å². The van der Waals surface area contributed by atoms with Gasteiger partial charge in [0.15, 0.2) is 5.78 Å². The maximum absolute atomic E-state index is 11.4. The average molecular weight is 167 g/mol. The topological polar surface area (TPSA) is 56.2 Å². The molecule has 1 rings (SSSR count). The van der Waals surface area contributed by atoms with Crippen molar-refractivity contribution in [3.05, 3.63) is 24.2 Å². The summed E-state index contributed by atoms with van der Waals surface area (Å²) >= 11 is 0. The number of furan rings is 1. The second-order valence-electron chi connectivity index (χ2n) is 3.60. The van der Waals surface area contributed by atoms with Gasteiger partial charge < -0.3 is 10.2 Å². The summed E-state index contributed by atoms with van der Waals surface area (Å²) < 4.78 is 4.79. The zero-order chi connectivity index (χ0) is 9.19. The maximum atomic E-state index is 11.4. The molecule has 2 N–H and O–H groups in total. The van der Waals surface area contributed by atoms with Crippen molar-refractivity contribution in [1.82, 2.24) is 0 Å². The van der Waals surface area contributed by atoms with Crippen LogP contribution in [0.4, 0.5) is 0 Å². The lowest BCUT2D eigenvalue weighted by Gasteiger charge is -2.15. The number of Topliss-reactive ketones (excluding diaryl/α,β-unsaturated/α-hetero) is 1. The van der Waals surface area contributed by atoms with Crippen LogP contribution in [0.25, 0.3) is 0 Å². The minimum Gasteiger partial charge on any atom is -0.472 e. The van der Waals surface area contributed by atoms with E-state index in [1.54, 1.807) is 6.07 Å². The molecule has 0 spiro atoms. The van der Waals surface area contributed by atoms with Crippen LogP contribution in [0.3, 0.4) is 0 Å². The largest absolute Gasteiger partial charge is 0.472 e. The van der Waals surface area contributed by atoms with Crippen molar-refractivity contribution in [3.8, 4) is 0 Å². The third-order valence-corrected chi connectivity index (χ3v) is 1.46. The molecule has 0 fully saturated rings. The van der Waals surface area contributed by atoms with Crippen LogP contribution in [-0.2, 0) is 0 Å². The number of carbonyl (C=O) groups excluding carboxylic acids is 1. The molecule has 0 saturated heterocycles. The Morgan fingerprint density at radius 1 is 1.67 bits per heavy atom. The quantitative estimate of drug-likeness (QED) is 0.695. The van der Waals surface area contributed by atoms with Crippen LogP contribution in [0, 0.1) is 0 Å². The summed E-state index contributed by atoms with van der Waals surface area (Å²) in [5.41, 5.74) is 5.83. The van der Waals surface area contributed by atoms with Crippen molar-refractivity contribution in [3.63, 3.8) is 0 Å². The summed E-state index contributed by atoms with van der Waals surface area (Å²) in [6.45, 7) is 3.65. The van der Waals surface area contributed by atoms with Crippen LogP contribution in [-0.4, -0.2) is 11.3 Å². The van der Waals surface area contributed by atoms with Crippen LogP contribution < -0.4 is 5.73 Å². The molecule has 12 heavy (non-hydrogen) atoms. The summed E-state index contributed by atoms with van der Waals surface area (Å²) in [5, 5.41) is 0. The van der Waals surface area contributed by atoms with Gasteiger partial charge in [0.2, 0.25) is 0 Å². The molecule has 66 valence electrons. The average Bonchev–Trinajstić information content (AvgIpc) is 2.32. The highest BCUT2D eigenvalue weighted by Crippen LogP contribution is 2.11. The molecule has 1 aromatic rings. The Labute approximate surface area is 71.6 Å². The van der Waals surface area contributed by atoms with Gasteiger partial charge in [-0.05, 0) is 19.9 Å². The highest BCUT2D eigenvalue weighted by molar-refractivity contribution is 5.96. The number of nitrogens with two attached hydrogens (primary N) is 1. The molecule has 0 atom stereocenters. The van der Waals surface area contributed by atoms with Gasteiger partial charge in [0, 0.05) is 12.0 Å². The van der Waals surface area contributed by atoms with Crippen LogP contribution in [0.15, 0.2) is 23.0 Å². The lowest BCUT2D eigenvalue weighted by atomic mass is 9.97. The highest BCUT2D eigenvalue weighted by atomic mass is 16.3. The second kappa shape index (κ2) is 3.11. The Hall–Kier alpha value is -1.09. The van der Waals surface area contributed by atoms with Gasteiger partial charge in [0.05, 0.1) is 11.8 Å². The fourth-order valence-corrected chi connectivity index (χ4v) is 0.939. The molecule has 1 heterocycles. The van der Waals surface area contributed by atoms with Gasteiger partial charge in [-0.15, -0.1) is 0 Å². The van der Waals surface area contributed by atoms with Gasteiger partial charge in [0.1, 0.15) is 6.26 Å². The van der Waals surface area contributed by atoms with Crippen molar-refractivity contribution < 1.29 is 9.21 Å². The molecule has 0 saturated carbocycles. The zero-order valence-corrected chi connectivity index (χ0v) is 7.33. The van der Waals surface area contributed by atoms with E-state index in [-0.39, 0.29) is 5.78 Å². The number of hydrogen-bond acceptors (Lipinski definition) is 3. The van der Waals surface area contributed by atoms with Crippen molar-refractivity contribution in [2.24, 2.45) is 5.73 Å². The monoisotopic (exact) mass is 167 g/mol. The SMILES string of the molecule is CC(C)(N)CC(=O)c1ccoc1. The van der Waals surface area contributed by atoms with Crippen LogP contribution in [0.5, 0.6) is 0 Å². The minimum atomic E-state index is -0.450. The molecule has 0 aliphatic carbocycles. The first-order valence-corrected chi connectivity index (χ1v) is 3.83. The van der Waals surface area contributed by atoms with E-state index in [1.807, 2.05) is 13.8 Å². The predicted molar refractivity (Wildman–Crippen MR) is 45.9 cm³/mol. The molecule has 3 heteroatoms. The molecule has 3 nitrogen and oxygen atoms in total. The van der Waals surface area contributed by atoms with E-state index >= 15 is 0 Å². The van der Waals surface area contributed by atoms with E-state index in [0.29, 0.717) is 12.0 Å². The van der Waals surface area contributed by atoms with Gasteiger partial charge in [-0.1, -0.05) is 0 Å². The van der Waals surface area contributed by atoms with E-state index in [1.165, 1.54) is 12.5 Å². The van der Waals surface area contributed by atoms with Crippen LogP contribution in [0.2, 0.25) is 0 Å². The lowest BCUT2D eigenvalue weighted by Crippen LogP contribution is -2.34. The maximum Gasteiger partial charge on any atom is 0.167 e. The van der Waals surface area contributed by atoms with Gasteiger partial charge in [-0.25, -0.2) is 0 Å². The Morgan fingerprint density at radius 3 is 2.75 bits per heavy atom. The predicted octanol–water partition coefficient (Wildman–Crippen LogP) is 1.59. The summed E-state index contributed by atoms with van der Waals surface area (Å²) in [6, 6.07) is 1.65. The normalized spacial score (nSPS) is 11.6. The van der Waals surface area contributed by atoms with Crippen LogP contribution in [0.1, 0.15) is 30.6 Å². The zero-order valence-electron chi connectivity index (χ0n) is 7.33. The standard InChI is InChI=1S/C9H13NO2/c1-9(2,10)5-8(11)7-3-4-12-6-7/h3-4,6H,5,10H2,1-2H3. The van der Waals surface area contributed by atoms with E-state index in [4.69, 9.17) is 10.2 Å². The fraction of sp³-hybridized carbons (Fsp3) is 0.444. The van der Waals surface area contributed by atoms with E-state index < -0.39 is 5.54 Å². The molecular weight excluding hydrogens is 154 g/mol. The van der Waals surface area contributed by atoms with Gasteiger partial charge >= 0.3 is 0 Å².